The van der Waals surface area contributed by atoms with Crippen LogP contribution in [0.4, 0.5) is 0 Å². The lowest BCUT2D eigenvalue weighted by atomic mass is 9.88. The molecule has 1 fully saturated rings. The number of likely N-dealkylation sites (tertiary alicyclic amines) is 1. The molecule has 0 aliphatic carbocycles. The Balaban J connectivity index is 2.36. The van der Waals surface area contributed by atoms with Gasteiger partial charge >= 0.3 is 5.97 Å². The molecule has 0 saturated carbocycles. The first-order valence-electron chi connectivity index (χ1n) is 5.60. The molecule has 0 aromatic heterocycles. The fraction of sp³-hybridized carbons (Fsp3) is 0.909. The van der Waals surface area contributed by atoms with E-state index in [0.717, 1.165) is 19.0 Å². The third-order valence-corrected chi connectivity index (χ3v) is 3.38. The number of methoxy groups -OCH3 is 1. The molecule has 1 heterocycles. The molecule has 4 nitrogen and oxygen atoms in total. The molecule has 2 N–H and O–H groups in total. The van der Waals surface area contributed by atoms with E-state index in [4.69, 9.17) is 5.73 Å². The highest BCUT2D eigenvalue weighted by Gasteiger charge is 2.25. The van der Waals surface area contributed by atoms with Crippen molar-refractivity contribution in [2.75, 3.05) is 26.7 Å². The lowest BCUT2D eigenvalue weighted by Crippen LogP contribution is -2.47. The monoisotopic (exact) mass is 214 g/mol. The van der Waals surface area contributed by atoms with Gasteiger partial charge in [0.05, 0.1) is 7.11 Å². The van der Waals surface area contributed by atoms with Gasteiger partial charge in [0.1, 0.15) is 6.04 Å². The summed E-state index contributed by atoms with van der Waals surface area (Å²) in [5.74, 6) is 1.14. The van der Waals surface area contributed by atoms with Gasteiger partial charge in [0.25, 0.3) is 0 Å². The van der Waals surface area contributed by atoms with Crippen LogP contribution in [0.5, 0.6) is 0 Å². The Bertz CT molecular complexity index is 221. The first-order valence-corrected chi connectivity index (χ1v) is 5.60. The molecule has 3 unspecified atom stereocenters. The Kier molecular flexibility index (Phi) is 4.54. The lowest BCUT2D eigenvalue weighted by molar-refractivity contribution is -0.142. The number of hydrogen-bond donors (Lipinski definition) is 1. The zero-order valence-corrected chi connectivity index (χ0v) is 9.90. The van der Waals surface area contributed by atoms with Gasteiger partial charge in [-0.3, -0.25) is 4.79 Å². The van der Waals surface area contributed by atoms with Crippen LogP contribution in [-0.4, -0.2) is 43.7 Å². The van der Waals surface area contributed by atoms with E-state index in [-0.39, 0.29) is 5.97 Å². The molecule has 0 spiro atoms. The number of nitrogens with zero attached hydrogens (tertiary/aromatic N) is 1. The number of piperidine rings is 1. The van der Waals surface area contributed by atoms with E-state index in [2.05, 4.69) is 23.5 Å². The van der Waals surface area contributed by atoms with E-state index >= 15 is 0 Å². The molecule has 0 bridgehead atoms. The quantitative estimate of drug-likeness (QED) is 0.694. The largest absolute Gasteiger partial charge is 0.468 e. The van der Waals surface area contributed by atoms with Crippen molar-refractivity contribution in [2.45, 2.75) is 26.3 Å². The third-order valence-electron chi connectivity index (χ3n) is 3.38. The smallest absolute Gasteiger partial charge is 0.323 e. The van der Waals surface area contributed by atoms with Gasteiger partial charge in [-0.05, 0) is 24.8 Å². The number of ether oxygens (including phenoxy) is 1. The normalized spacial score (nSPS) is 29.9. The Morgan fingerprint density at radius 2 is 2.20 bits per heavy atom. The van der Waals surface area contributed by atoms with Gasteiger partial charge in [-0.15, -0.1) is 0 Å². The molecule has 88 valence electrons. The molecule has 4 heteroatoms. The molecular formula is C11H22N2O2. The van der Waals surface area contributed by atoms with E-state index in [0.29, 0.717) is 12.5 Å². The number of carbonyl (C=O) groups excluding carboxylic acids is 1. The van der Waals surface area contributed by atoms with Crippen molar-refractivity contribution >= 4 is 5.97 Å². The summed E-state index contributed by atoms with van der Waals surface area (Å²) < 4.78 is 4.61. The Labute approximate surface area is 91.8 Å². The minimum absolute atomic E-state index is 0.318. The summed E-state index contributed by atoms with van der Waals surface area (Å²) in [5.41, 5.74) is 5.72. The summed E-state index contributed by atoms with van der Waals surface area (Å²) in [5, 5.41) is 0. The SMILES string of the molecule is COC(=O)C(N)CN1CCC(C)C(C)C1. The lowest BCUT2D eigenvalue weighted by Gasteiger charge is -2.36. The zero-order chi connectivity index (χ0) is 11.4. The number of carbonyl (C=O) groups is 1. The van der Waals surface area contributed by atoms with Crippen LogP contribution in [0.15, 0.2) is 0 Å². The highest BCUT2D eigenvalue weighted by molar-refractivity contribution is 5.75. The predicted octanol–water partition coefficient (Wildman–Crippen LogP) is 0.465. The molecule has 0 aromatic carbocycles. The molecular weight excluding hydrogens is 192 g/mol. The average Bonchev–Trinajstić information content (AvgIpc) is 2.22. The van der Waals surface area contributed by atoms with Crippen LogP contribution in [-0.2, 0) is 9.53 Å². The van der Waals surface area contributed by atoms with Crippen LogP contribution in [0.25, 0.3) is 0 Å². The maximum absolute atomic E-state index is 11.2. The second kappa shape index (κ2) is 5.47. The summed E-state index contributed by atoms with van der Waals surface area (Å²) in [6.45, 7) is 7.22. The van der Waals surface area contributed by atoms with Crippen LogP contribution in [0.3, 0.4) is 0 Å². The number of rotatable bonds is 3. The van der Waals surface area contributed by atoms with Crippen molar-refractivity contribution in [1.29, 1.82) is 0 Å². The Morgan fingerprint density at radius 3 is 2.73 bits per heavy atom. The van der Waals surface area contributed by atoms with E-state index in [1.54, 1.807) is 0 Å². The molecule has 0 amide bonds. The first-order chi connectivity index (χ1) is 7.04. The van der Waals surface area contributed by atoms with Crippen LogP contribution in [0.1, 0.15) is 20.3 Å². The molecule has 1 saturated heterocycles. The molecule has 1 aliphatic rings. The summed E-state index contributed by atoms with van der Waals surface area (Å²) in [6.07, 6.45) is 1.19. The van der Waals surface area contributed by atoms with Gasteiger partial charge in [0.15, 0.2) is 0 Å². The van der Waals surface area contributed by atoms with Gasteiger partial charge in [-0.1, -0.05) is 13.8 Å². The predicted molar refractivity (Wildman–Crippen MR) is 59.4 cm³/mol. The van der Waals surface area contributed by atoms with Gasteiger partial charge in [0.2, 0.25) is 0 Å². The zero-order valence-electron chi connectivity index (χ0n) is 9.90. The summed E-state index contributed by atoms with van der Waals surface area (Å²) in [6, 6.07) is -0.504. The number of hydrogen-bond acceptors (Lipinski definition) is 4. The summed E-state index contributed by atoms with van der Waals surface area (Å²) in [7, 11) is 1.38. The molecule has 1 rings (SSSR count). The van der Waals surface area contributed by atoms with Crippen molar-refractivity contribution in [3.05, 3.63) is 0 Å². The first kappa shape index (κ1) is 12.5. The van der Waals surface area contributed by atoms with Gasteiger partial charge in [-0.2, -0.15) is 0 Å². The second-order valence-corrected chi connectivity index (χ2v) is 4.63. The maximum Gasteiger partial charge on any atom is 0.323 e. The highest BCUT2D eigenvalue weighted by Crippen LogP contribution is 2.22. The maximum atomic E-state index is 11.2. The number of nitrogens with two attached hydrogens (primary N) is 1. The van der Waals surface area contributed by atoms with Crippen LogP contribution in [0.2, 0.25) is 0 Å². The van der Waals surface area contributed by atoms with Gasteiger partial charge < -0.3 is 15.4 Å². The molecule has 1 aliphatic heterocycles. The average molecular weight is 214 g/mol. The van der Waals surface area contributed by atoms with Crippen molar-refractivity contribution in [1.82, 2.24) is 4.90 Å². The number of esters is 1. The standard InChI is InChI=1S/C11H22N2O2/c1-8-4-5-13(6-9(8)2)7-10(12)11(14)15-3/h8-10H,4-7,12H2,1-3H3. The Morgan fingerprint density at radius 1 is 1.53 bits per heavy atom. The third kappa shape index (κ3) is 3.47. The van der Waals surface area contributed by atoms with Crippen molar-refractivity contribution in [3.63, 3.8) is 0 Å². The summed E-state index contributed by atoms with van der Waals surface area (Å²) >= 11 is 0. The topological polar surface area (TPSA) is 55.6 Å². The van der Waals surface area contributed by atoms with E-state index in [1.165, 1.54) is 13.5 Å². The molecule has 3 atom stereocenters. The molecule has 0 radical (unpaired) electrons. The van der Waals surface area contributed by atoms with Crippen molar-refractivity contribution in [3.8, 4) is 0 Å². The fourth-order valence-corrected chi connectivity index (χ4v) is 2.02. The van der Waals surface area contributed by atoms with E-state index in [1.807, 2.05) is 0 Å². The van der Waals surface area contributed by atoms with Gasteiger partial charge in [0, 0.05) is 13.1 Å². The van der Waals surface area contributed by atoms with Crippen LogP contribution < -0.4 is 5.73 Å². The second-order valence-electron chi connectivity index (χ2n) is 4.63. The van der Waals surface area contributed by atoms with Crippen LogP contribution >= 0.6 is 0 Å². The van der Waals surface area contributed by atoms with Crippen molar-refractivity contribution in [2.24, 2.45) is 17.6 Å². The molecule has 15 heavy (non-hydrogen) atoms. The van der Waals surface area contributed by atoms with Crippen LogP contribution in [0, 0.1) is 11.8 Å². The minimum Gasteiger partial charge on any atom is -0.468 e. The Hall–Kier alpha value is -0.610. The van der Waals surface area contributed by atoms with Crippen molar-refractivity contribution < 1.29 is 9.53 Å². The molecule has 0 aromatic rings. The fourth-order valence-electron chi connectivity index (χ4n) is 2.02. The van der Waals surface area contributed by atoms with E-state index < -0.39 is 6.04 Å². The highest BCUT2D eigenvalue weighted by atomic mass is 16.5. The summed E-state index contributed by atoms with van der Waals surface area (Å²) in [4.78, 5) is 13.4. The van der Waals surface area contributed by atoms with Gasteiger partial charge in [-0.25, -0.2) is 0 Å². The minimum atomic E-state index is -0.504. The van der Waals surface area contributed by atoms with E-state index in [9.17, 15) is 4.79 Å².